The van der Waals surface area contributed by atoms with E-state index in [2.05, 4.69) is 15.6 Å². The SMILES string of the molecule is CC[C@@H]1CN(c2nc(=O)n(C)c(NC)c2NC(=O)CC#N)[C@@H](CC)CN1C(=O)OC(C)(C)C. The molecular weight excluding hydrogens is 426 g/mol. The molecule has 0 aromatic carbocycles. The van der Waals surface area contributed by atoms with Gasteiger partial charge in [-0.1, -0.05) is 13.8 Å². The molecule has 11 nitrogen and oxygen atoms in total. The molecular formula is C22H35N7O4. The minimum absolute atomic E-state index is 0.156. The number of carbonyl (C=O) groups is 2. The zero-order valence-electron chi connectivity index (χ0n) is 20.6. The Morgan fingerprint density at radius 2 is 1.85 bits per heavy atom. The van der Waals surface area contributed by atoms with Crippen LogP contribution in [0.5, 0.6) is 0 Å². The van der Waals surface area contributed by atoms with Crippen LogP contribution < -0.4 is 21.2 Å². The molecule has 33 heavy (non-hydrogen) atoms. The standard InChI is InChI=1S/C22H35N7O4/c1-8-14-13-29(21(32)33-22(3,4)5)15(9-2)12-28(14)19-17(25-16(30)10-11-23)18(24-6)27(7)20(31)26-19/h14-15,24H,8-10,12-13H2,1-7H3,(H,25,30)/t14-,15+/m0/s1. The first-order chi connectivity index (χ1) is 15.5. The highest BCUT2D eigenvalue weighted by Gasteiger charge is 2.39. The van der Waals surface area contributed by atoms with Crippen LogP contribution in [0.15, 0.2) is 4.79 Å². The van der Waals surface area contributed by atoms with Gasteiger partial charge < -0.3 is 25.2 Å². The van der Waals surface area contributed by atoms with Crippen molar-refractivity contribution in [1.82, 2.24) is 14.5 Å². The van der Waals surface area contributed by atoms with Gasteiger partial charge in [-0.05, 0) is 33.6 Å². The summed E-state index contributed by atoms with van der Waals surface area (Å²) >= 11 is 0. The van der Waals surface area contributed by atoms with E-state index in [1.807, 2.05) is 45.6 Å². The van der Waals surface area contributed by atoms with Gasteiger partial charge in [0, 0.05) is 33.2 Å². The van der Waals surface area contributed by atoms with Crippen molar-refractivity contribution in [2.45, 2.75) is 71.6 Å². The van der Waals surface area contributed by atoms with Crippen molar-refractivity contribution in [3.05, 3.63) is 10.5 Å². The van der Waals surface area contributed by atoms with Gasteiger partial charge >= 0.3 is 11.8 Å². The number of piperazine rings is 1. The summed E-state index contributed by atoms with van der Waals surface area (Å²) in [7, 11) is 3.20. The summed E-state index contributed by atoms with van der Waals surface area (Å²) in [5.41, 5.74) is -0.759. The number of anilines is 3. The molecule has 1 aliphatic rings. The average molecular weight is 462 g/mol. The molecule has 1 aromatic rings. The van der Waals surface area contributed by atoms with E-state index in [1.165, 1.54) is 4.57 Å². The predicted octanol–water partition coefficient (Wildman–Crippen LogP) is 2.29. The van der Waals surface area contributed by atoms with E-state index in [0.29, 0.717) is 43.3 Å². The van der Waals surface area contributed by atoms with E-state index in [4.69, 9.17) is 10.00 Å². The third kappa shape index (κ3) is 5.94. The first-order valence-corrected chi connectivity index (χ1v) is 11.2. The molecule has 2 atom stereocenters. The van der Waals surface area contributed by atoms with Gasteiger partial charge in [0.05, 0.1) is 12.1 Å². The number of aromatic nitrogens is 2. The number of nitriles is 1. The number of nitrogens with zero attached hydrogens (tertiary/aromatic N) is 5. The number of hydrogen-bond acceptors (Lipinski definition) is 8. The van der Waals surface area contributed by atoms with Gasteiger partial charge in [0.25, 0.3) is 0 Å². The lowest BCUT2D eigenvalue weighted by atomic mass is 10.0. The summed E-state index contributed by atoms with van der Waals surface area (Å²) < 4.78 is 6.93. The van der Waals surface area contributed by atoms with Crippen LogP contribution >= 0.6 is 0 Å². The first kappa shape index (κ1) is 26.0. The maximum absolute atomic E-state index is 12.9. The van der Waals surface area contributed by atoms with Gasteiger partial charge in [0.15, 0.2) is 5.82 Å². The Morgan fingerprint density at radius 3 is 2.36 bits per heavy atom. The number of nitrogens with one attached hydrogen (secondary N) is 2. The van der Waals surface area contributed by atoms with Gasteiger partial charge in [-0.15, -0.1) is 0 Å². The lowest BCUT2D eigenvalue weighted by Gasteiger charge is -2.47. The Kier molecular flexibility index (Phi) is 8.30. The van der Waals surface area contributed by atoms with E-state index >= 15 is 0 Å². The van der Waals surface area contributed by atoms with Gasteiger partial charge in [-0.25, -0.2) is 9.59 Å². The van der Waals surface area contributed by atoms with Gasteiger partial charge in [0.1, 0.15) is 23.5 Å². The van der Waals surface area contributed by atoms with Crippen LogP contribution in [0.1, 0.15) is 53.9 Å². The van der Waals surface area contributed by atoms with E-state index < -0.39 is 17.2 Å². The monoisotopic (exact) mass is 461 g/mol. The van der Waals surface area contributed by atoms with Gasteiger partial charge in [-0.2, -0.15) is 10.2 Å². The molecule has 1 aliphatic heterocycles. The normalized spacial score (nSPS) is 18.5. The van der Waals surface area contributed by atoms with Gasteiger partial charge in [-0.3, -0.25) is 9.36 Å². The highest BCUT2D eigenvalue weighted by Crippen LogP contribution is 2.34. The van der Waals surface area contributed by atoms with Crippen LogP contribution in [-0.4, -0.2) is 64.3 Å². The summed E-state index contributed by atoms with van der Waals surface area (Å²) in [5.74, 6) is 0.208. The topological polar surface area (TPSA) is 133 Å². The molecule has 2 amide bonds. The number of ether oxygens (including phenoxy) is 1. The molecule has 0 bridgehead atoms. The van der Waals surface area contributed by atoms with Crippen LogP contribution in [-0.2, 0) is 16.6 Å². The zero-order valence-corrected chi connectivity index (χ0v) is 20.6. The molecule has 0 unspecified atom stereocenters. The van der Waals surface area contributed by atoms with E-state index in [1.54, 1.807) is 19.0 Å². The molecule has 2 N–H and O–H groups in total. The predicted molar refractivity (Wildman–Crippen MR) is 126 cm³/mol. The summed E-state index contributed by atoms with van der Waals surface area (Å²) in [5, 5.41) is 14.6. The summed E-state index contributed by atoms with van der Waals surface area (Å²) in [6, 6.07) is 1.50. The molecule has 0 radical (unpaired) electrons. The largest absolute Gasteiger partial charge is 0.444 e. The minimum Gasteiger partial charge on any atom is -0.444 e. The fourth-order valence-electron chi connectivity index (χ4n) is 3.91. The van der Waals surface area contributed by atoms with Crippen LogP contribution in [0, 0.1) is 11.3 Å². The molecule has 0 aliphatic carbocycles. The Morgan fingerprint density at radius 1 is 1.21 bits per heavy atom. The molecule has 0 spiro atoms. The molecule has 0 saturated carbocycles. The number of amides is 2. The highest BCUT2D eigenvalue weighted by atomic mass is 16.6. The van der Waals surface area contributed by atoms with Crippen molar-refractivity contribution < 1.29 is 14.3 Å². The highest BCUT2D eigenvalue weighted by molar-refractivity contribution is 5.98. The quantitative estimate of drug-likeness (QED) is 0.659. The van der Waals surface area contributed by atoms with Crippen molar-refractivity contribution in [2.75, 3.05) is 35.7 Å². The van der Waals surface area contributed by atoms with Crippen LogP contribution in [0.25, 0.3) is 0 Å². The Balaban J connectivity index is 2.53. The summed E-state index contributed by atoms with van der Waals surface area (Å²) in [6.07, 6.45) is 0.647. The van der Waals surface area contributed by atoms with Crippen LogP contribution in [0.2, 0.25) is 0 Å². The minimum atomic E-state index is -0.610. The molecule has 182 valence electrons. The lowest BCUT2D eigenvalue weighted by Crippen LogP contribution is -2.61. The fraction of sp³-hybridized carbons (Fsp3) is 0.682. The maximum Gasteiger partial charge on any atom is 0.410 e. The molecule has 2 rings (SSSR count). The lowest BCUT2D eigenvalue weighted by molar-refractivity contribution is -0.115. The fourth-order valence-corrected chi connectivity index (χ4v) is 3.91. The first-order valence-electron chi connectivity index (χ1n) is 11.2. The molecule has 11 heteroatoms. The van der Waals surface area contributed by atoms with Crippen molar-refractivity contribution in [3.8, 4) is 6.07 Å². The van der Waals surface area contributed by atoms with E-state index in [0.717, 1.165) is 0 Å². The Hall–Kier alpha value is -3.29. The second kappa shape index (κ2) is 10.6. The van der Waals surface area contributed by atoms with Gasteiger partial charge in [0.2, 0.25) is 5.91 Å². The zero-order chi connectivity index (χ0) is 24.9. The van der Waals surface area contributed by atoms with E-state index in [9.17, 15) is 14.4 Å². The molecule has 1 saturated heterocycles. The second-order valence-corrected chi connectivity index (χ2v) is 9.04. The van der Waals surface area contributed by atoms with Crippen molar-refractivity contribution >= 4 is 29.3 Å². The van der Waals surface area contributed by atoms with Crippen LogP contribution in [0.3, 0.4) is 0 Å². The third-order valence-corrected chi connectivity index (χ3v) is 5.56. The third-order valence-electron chi connectivity index (χ3n) is 5.56. The second-order valence-electron chi connectivity index (χ2n) is 9.04. The molecule has 2 heterocycles. The van der Waals surface area contributed by atoms with Crippen molar-refractivity contribution in [2.24, 2.45) is 7.05 Å². The van der Waals surface area contributed by atoms with Crippen molar-refractivity contribution in [3.63, 3.8) is 0 Å². The Labute approximate surface area is 194 Å². The average Bonchev–Trinajstić information content (AvgIpc) is 2.74. The maximum atomic E-state index is 12.9. The van der Waals surface area contributed by atoms with Crippen LogP contribution in [0.4, 0.5) is 22.1 Å². The smallest absolute Gasteiger partial charge is 0.410 e. The number of rotatable bonds is 6. The number of hydrogen-bond donors (Lipinski definition) is 2. The number of carbonyl (C=O) groups excluding carboxylic acids is 2. The summed E-state index contributed by atoms with van der Waals surface area (Å²) in [6.45, 7) is 10.3. The molecule has 1 aromatic heterocycles. The van der Waals surface area contributed by atoms with E-state index in [-0.39, 0.29) is 24.6 Å². The molecule has 1 fully saturated rings. The van der Waals surface area contributed by atoms with Crippen molar-refractivity contribution in [1.29, 1.82) is 5.26 Å². The Bertz CT molecular complexity index is 977. The summed E-state index contributed by atoms with van der Waals surface area (Å²) in [4.78, 5) is 45.8.